The monoisotopic (exact) mass is 221 g/mol. The summed E-state index contributed by atoms with van der Waals surface area (Å²) in [6.45, 7) is 3.27. The predicted molar refractivity (Wildman–Crippen MR) is 60.2 cm³/mol. The van der Waals surface area contributed by atoms with Gasteiger partial charge in [-0.05, 0) is 5.56 Å². The lowest BCUT2D eigenvalue weighted by Gasteiger charge is -2.32. The van der Waals surface area contributed by atoms with Crippen LogP contribution in [0.15, 0.2) is 35.6 Å². The van der Waals surface area contributed by atoms with Crippen molar-refractivity contribution in [1.29, 1.82) is 0 Å². The molecule has 0 amide bonds. The maximum atomic E-state index is 10.8. The molecule has 1 aliphatic rings. The first-order valence-electron chi connectivity index (χ1n) is 5.37. The fourth-order valence-electron chi connectivity index (χ4n) is 1.71. The Morgan fingerprint density at radius 3 is 2.56 bits per heavy atom. The van der Waals surface area contributed by atoms with Crippen LogP contribution in [0.1, 0.15) is 5.56 Å². The molecule has 16 heavy (non-hydrogen) atoms. The summed E-state index contributed by atoms with van der Waals surface area (Å²) in [4.78, 5) is 10.8. The predicted octanol–water partition coefficient (Wildman–Crippen LogP) is 1.42. The molecule has 0 aliphatic carbocycles. The van der Waals surface area contributed by atoms with Crippen molar-refractivity contribution in [3.63, 3.8) is 0 Å². The minimum atomic E-state index is 0.518. The summed E-state index contributed by atoms with van der Waals surface area (Å²) in [6, 6.07) is 9.84. The molecule has 1 saturated heterocycles. The quantitative estimate of drug-likeness (QED) is 0.569. The zero-order valence-corrected chi connectivity index (χ0v) is 9.08. The van der Waals surface area contributed by atoms with Crippen molar-refractivity contribution in [2.75, 3.05) is 26.3 Å². The molecule has 1 aromatic carbocycles. The van der Waals surface area contributed by atoms with E-state index >= 15 is 0 Å². The smallest absolute Gasteiger partial charge is 0.0818 e. The normalized spacial score (nSPS) is 17.0. The molecule has 2 rings (SSSR count). The Morgan fingerprint density at radius 1 is 1.25 bits per heavy atom. The van der Waals surface area contributed by atoms with E-state index in [0.29, 0.717) is 19.8 Å². The lowest BCUT2D eigenvalue weighted by atomic mass is 10.2. The first kappa shape index (κ1) is 11.0. The zero-order chi connectivity index (χ0) is 11.2. The van der Waals surface area contributed by atoms with Crippen molar-refractivity contribution in [3.8, 4) is 0 Å². The average Bonchev–Trinajstić information content (AvgIpc) is 2.38. The maximum Gasteiger partial charge on any atom is 0.0818 e. The van der Waals surface area contributed by atoms with E-state index in [-0.39, 0.29) is 0 Å². The second-order valence-electron chi connectivity index (χ2n) is 3.66. The third kappa shape index (κ3) is 2.77. The zero-order valence-electron chi connectivity index (χ0n) is 9.08. The average molecular weight is 221 g/mol. The highest BCUT2D eigenvalue weighted by Gasteiger charge is 2.18. The summed E-state index contributed by atoms with van der Waals surface area (Å²) < 4.78 is 5.23. The highest BCUT2D eigenvalue weighted by atomic mass is 16.5. The molecule has 86 valence electrons. The highest BCUT2D eigenvalue weighted by molar-refractivity contribution is 5.14. The van der Waals surface area contributed by atoms with Crippen molar-refractivity contribution >= 4 is 0 Å². The van der Waals surface area contributed by atoms with Crippen LogP contribution < -0.4 is 0 Å². The van der Waals surface area contributed by atoms with Crippen LogP contribution >= 0.6 is 0 Å². The molecule has 0 bridgehead atoms. The molecule has 1 aliphatic heterocycles. The van der Waals surface area contributed by atoms with E-state index in [0.717, 1.165) is 18.7 Å². The van der Waals surface area contributed by atoms with Crippen molar-refractivity contribution in [3.05, 3.63) is 40.8 Å². The van der Waals surface area contributed by atoms with Crippen LogP contribution in [-0.4, -0.2) is 36.4 Å². The SMILES string of the molecule is O=NN(Cc1ccccc1)N1CCOCC1. The van der Waals surface area contributed by atoms with Gasteiger partial charge < -0.3 is 4.74 Å². The Morgan fingerprint density at radius 2 is 1.94 bits per heavy atom. The van der Waals surface area contributed by atoms with Crippen molar-refractivity contribution < 1.29 is 4.74 Å². The van der Waals surface area contributed by atoms with Gasteiger partial charge in [0, 0.05) is 13.1 Å². The van der Waals surface area contributed by atoms with Crippen LogP contribution in [0.2, 0.25) is 0 Å². The van der Waals surface area contributed by atoms with Gasteiger partial charge in [-0.1, -0.05) is 30.3 Å². The topological polar surface area (TPSA) is 45.1 Å². The first-order chi connectivity index (χ1) is 7.90. The highest BCUT2D eigenvalue weighted by Crippen LogP contribution is 2.09. The minimum absolute atomic E-state index is 0.518. The molecule has 0 spiro atoms. The lowest BCUT2D eigenvalue weighted by Crippen LogP contribution is -2.45. The van der Waals surface area contributed by atoms with E-state index in [2.05, 4.69) is 5.29 Å². The number of nitrogens with zero attached hydrogens (tertiary/aromatic N) is 3. The molecular weight excluding hydrogens is 206 g/mol. The molecule has 0 atom stereocenters. The van der Waals surface area contributed by atoms with Gasteiger partial charge in [0.2, 0.25) is 0 Å². The Labute approximate surface area is 94.5 Å². The second-order valence-corrected chi connectivity index (χ2v) is 3.66. The molecule has 0 aromatic heterocycles. The third-order valence-corrected chi connectivity index (χ3v) is 2.58. The summed E-state index contributed by atoms with van der Waals surface area (Å²) in [6.07, 6.45) is 0. The van der Waals surface area contributed by atoms with Gasteiger partial charge in [0.05, 0.1) is 25.0 Å². The second kappa shape index (κ2) is 5.58. The molecule has 0 N–H and O–H groups in total. The van der Waals surface area contributed by atoms with Gasteiger partial charge in [0.15, 0.2) is 0 Å². The number of hydrogen-bond donors (Lipinski definition) is 0. The fraction of sp³-hybridized carbons (Fsp3) is 0.455. The van der Waals surface area contributed by atoms with Gasteiger partial charge in [-0.3, -0.25) is 0 Å². The number of nitroso groups, excluding NO2 is 1. The Kier molecular flexibility index (Phi) is 3.85. The van der Waals surface area contributed by atoms with Crippen LogP contribution in [0.25, 0.3) is 0 Å². The van der Waals surface area contributed by atoms with E-state index in [1.165, 1.54) is 5.12 Å². The molecule has 0 radical (unpaired) electrons. The van der Waals surface area contributed by atoms with Crippen molar-refractivity contribution in [2.45, 2.75) is 6.54 Å². The van der Waals surface area contributed by atoms with Crippen LogP contribution in [0.5, 0.6) is 0 Å². The molecule has 5 heteroatoms. The van der Waals surface area contributed by atoms with E-state index < -0.39 is 0 Å². The van der Waals surface area contributed by atoms with E-state index in [1.54, 1.807) is 0 Å². The fourth-order valence-corrected chi connectivity index (χ4v) is 1.71. The minimum Gasteiger partial charge on any atom is -0.379 e. The van der Waals surface area contributed by atoms with Gasteiger partial charge in [-0.25, -0.2) is 0 Å². The molecule has 1 fully saturated rings. The van der Waals surface area contributed by atoms with Crippen LogP contribution in [0.3, 0.4) is 0 Å². The van der Waals surface area contributed by atoms with Crippen LogP contribution in [0, 0.1) is 4.91 Å². The summed E-state index contributed by atoms with van der Waals surface area (Å²) in [5.74, 6) is 0. The molecule has 0 unspecified atom stereocenters. The molecular formula is C11H15N3O2. The first-order valence-corrected chi connectivity index (χ1v) is 5.37. The Balaban J connectivity index is 1.97. The maximum absolute atomic E-state index is 10.8. The number of hydrogen-bond acceptors (Lipinski definition) is 4. The van der Waals surface area contributed by atoms with Crippen molar-refractivity contribution in [2.24, 2.45) is 5.29 Å². The number of hydrazine groups is 1. The summed E-state index contributed by atoms with van der Waals surface area (Å²) in [5.41, 5.74) is 1.08. The number of ether oxygens (including phenoxy) is 1. The standard InChI is InChI=1S/C11H15N3O2/c15-12-14(13-6-8-16-9-7-13)10-11-4-2-1-3-5-11/h1-5H,6-10H2. The Hall–Kier alpha value is -1.46. The van der Waals surface area contributed by atoms with E-state index in [9.17, 15) is 4.91 Å². The lowest BCUT2D eigenvalue weighted by molar-refractivity contribution is -0.0960. The number of rotatable bonds is 4. The van der Waals surface area contributed by atoms with Crippen LogP contribution in [-0.2, 0) is 11.3 Å². The summed E-state index contributed by atoms with van der Waals surface area (Å²) >= 11 is 0. The molecule has 1 aromatic rings. The Bertz CT molecular complexity index is 325. The van der Waals surface area contributed by atoms with Gasteiger partial charge in [-0.15, -0.1) is 4.91 Å². The molecule has 0 saturated carbocycles. The summed E-state index contributed by atoms with van der Waals surface area (Å²) in [5, 5.41) is 6.45. The number of benzene rings is 1. The van der Waals surface area contributed by atoms with E-state index in [4.69, 9.17) is 4.74 Å². The van der Waals surface area contributed by atoms with Gasteiger partial charge in [0.1, 0.15) is 0 Å². The van der Waals surface area contributed by atoms with Gasteiger partial charge in [0.25, 0.3) is 0 Å². The van der Waals surface area contributed by atoms with Crippen molar-refractivity contribution in [1.82, 2.24) is 10.1 Å². The molecule has 1 heterocycles. The summed E-state index contributed by atoms with van der Waals surface area (Å²) in [7, 11) is 0. The van der Waals surface area contributed by atoms with Crippen LogP contribution in [0.4, 0.5) is 0 Å². The third-order valence-electron chi connectivity index (χ3n) is 2.58. The largest absolute Gasteiger partial charge is 0.379 e. The van der Waals surface area contributed by atoms with Gasteiger partial charge in [-0.2, -0.15) is 10.1 Å². The van der Waals surface area contributed by atoms with Gasteiger partial charge >= 0.3 is 0 Å². The number of morpholine rings is 1. The van der Waals surface area contributed by atoms with E-state index in [1.807, 2.05) is 35.3 Å². The molecule has 5 nitrogen and oxygen atoms in total.